The summed E-state index contributed by atoms with van der Waals surface area (Å²) in [7, 11) is -1.80. The van der Waals surface area contributed by atoms with E-state index in [9.17, 15) is 13.2 Å². The number of sulfonamides is 1. The second-order valence-electron chi connectivity index (χ2n) is 5.41. The van der Waals surface area contributed by atoms with Gasteiger partial charge in [-0.1, -0.05) is 19.9 Å². The van der Waals surface area contributed by atoms with Gasteiger partial charge >= 0.3 is 0 Å². The molecule has 1 rings (SSSR count). The minimum absolute atomic E-state index is 0. The third-order valence-electron chi connectivity index (χ3n) is 3.34. The number of hydrogen-bond acceptors (Lipinski definition) is 4. The minimum atomic E-state index is -3.57. The van der Waals surface area contributed by atoms with Gasteiger partial charge in [0.15, 0.2) is 0 Å². The Labute approximate surface area is 144 Å². The molecule has 3 N–H and O–H groups in total. The van der Waals surface area contributed by atoms with Crippen molar-refractivity contribution in [3.8, 4) is 0 Å². The highest BCUT2D eigenvalue weighted by Crippen LogP contribution is 2.16. The van der Waals surface area contributed by atoms with Crippen LogP contribution in [0.1, 0.15) is 27.2 Å². The summed E-state index contributed by atoms with van der Waals surface area (Å²) >= 11 is 0. The van der Waals surface area contributed by atoms with Crippen molar-refractivity contribution >= 4 is 34.0 Å². The summed E-state index contributed by atoms with van der Waals surface area (Å²) in [5.74, 6) is -0.359. The van der Waals surface area contributed by atoms with E-state index in [1.807, 2.05) is 13.8 Å². The summed E-state index contributed by atoms with van der Waals surface area (Å²) in [6, 6.07) is 6.13. The number of benzene rings is 1. The van der Waals surface area contributed by atoms with Crippen molar-refractivity contribution in [3.63, 3.8) is 0 Å². The van der Waals surface area contributed by atoms with Crippen LogP contribution >= 0.6 is 12.4 Å². The van der Waals surface area contributed by atoms with E-state index >= 15 is 0 Å². The van der Waals surface area contributed by atoms with E-state index in [-0.39, 0.29) is 35.2 Å². The second kappa shape index (κ2) is 9.87. The third kappa shape index (κ3) is 6.87. The number of halogens is 1. The lowest BCUT2D eigenvalue weighted by molar-refractivity contribution is -0.119. The van der Waals surface area contributed by atoms with Gasteiger partial charge < -0.3 is 10.6 Å². The van der Waals surface area contributed by atoms with E-state index in [1.165, 1.54) is 12.1 Å². The molecular formula is C15H26ClN3O3S. The van der Waals surface area contributed by atoms with Crippen LogP contribution in [0.5, 0.6) is 0 Å². The topological polar surface area (TPSA) is 87.3 Å². The number of amides is 1. The van der Waals surface area contributed by atoms with Gasteiger partial charge in [-0.3, -0.25) is 4.79 Å². The van der Waals surface area contributed by atoms with Gasteiger partial charge in [0.05, 0.1) is 4.90 Å². The van der Waals surface area contributed by atoms with E-state index < -0.39 is 10.0 Å². The van der Waals surface area contributed by atoms with Crippen molar-refractivity contribution in [3.05, 3.63) is 24.3 Å². The summed E-state index contributed by atoms with van der Waals surface area (Å²) in [4.78, 5) is 12.1. The zero-order chi connectivity index (χ0) is 16.8. The Bertz CT molecular complexity index is 608. The summed E-state index contributed by atoms with van der Waals surface area (Å²) in [5, 5.41) is 5.67. The highest BCUT2D eigenvalue weighted by molar-refractivity contribution is 7.89. The van der Waals surface area contributed by atoms with Crippen molar-refractivity contribution in [2.45, 2.75) is 38.1 Å². The lowest BCUT2D eigenvalue weighted by atomic mass is 10.1. The Kier molecular flexibility index (Phi) is 9.38. The summed E-state index contributed by atoms with van der Waals surface area (Å²) in [6.07, 6.45) is 0.706. The van der Waals surface area contributed by atoms with Gasteiger partial charge in [-0.15, -0.1) is 12.4 Å². The van der Waals surface area contributed by atoms with E-state index in [2.05, 4.69) is 15.4 Å². The fraction of sp³-hybridized carbons (Fsp3) is 0.533. The Morgan fingerprint density at radius 2 is 1.91 bits per heavy atom. The SMILES string of the molecule is CCC(C)NS(=O)(=O)c1cccc(NC(=O)C(C)CNC)c1.Cl. The molecule has 2 unspecified atom stereocenters. The first-order valence-electron chi connectivity index (χ1n) is 7.38. The first kappa shape index (κ1) is 21.9. The van der Waals surface area contributed by atoms with Crippen molar-refractivity contribution in [2.75, 3.05) is 18.9 Å². The second-order valence-corrected chi connectivity index (χ2v) is 7.12. The number of anilines is 1. The zero-order valence-electron chi connectivity index (χ0n) is 13.9. The number of rotatable bonds is 8. The van der Waals surface area contributed by atoms with Crippen LogP contribution in [0.15, 0.2) is 29.2 Å². The maximum absolute atomic E-state index is 12.2. The molecule has 8 heteroatoms. The lowest BCUT2D eigenvalue weighted by Gasteiger charge is -2.14. The number of nitrogens with one attached hydrogen (secondary N) is 3. The molecule has 6 nitrogen and oxygen atoms in total. The average molecular weight is 364 g/mol. The molecule has 0 saturated heterocycles. The molecule has 23 heavy (non-hydrogen) atoms. The van der Waals surface area contributed by atoms with Crippen LogP contribution in [0, 0.1) is 5.92 Å². The molecule has 1 aromatic carbocycles. The first-order chi connectivity index (χ1) is 10.3. The highest BCUT2D eigenvalue weighted by Gasteiger charge is 2.18. The maximum atomic E-state index is 12.2. The van der Waals surface area contributed by atoms with Crippen LogP contribution in [-0.2, 0) is 14.8 Å². The molecule has 0 aliphatic carbocycles. The molecule has 0 heterocycles. The monoisotopic (exact) mass is 363 g/mol. The number of carbonyl (C=O) groups excluding carboxylic acids is 1. The standard InChI is InChI=1S/C15H25N3O3S.ClH/c1-5-12(3)18-22(20,21)14-8-6-7-13(9-14)17-15(19)11(2)10-16-4;/h6-9,11-12,16,18H,5,10H2,1-4H3,(H,17,19);1H. The van der Waals surface area contributed by atoms with Crippen molar-refractivity contribution in [1.29, 1.82) is 0 Å². The van der Waals surface area contributed by atoms with Gasteiger partial charge in [0.2, 0.25) is 15.9 Å². The van der Waals surface area contributed by atoms with Crippen LogP contribution < -0.4 is 15.4 Å². The molecule has 0 spiro atoms. The molecule has 0 radical (unpaired) electrons. The van der Waals surface area contributed by atoms with Crippen LogP contribution in [0.2, 0.25) is 0 Å². The van der Waals surface area contributed by atoms with Gasteiger partial charge in [0.1, 0.15) is 0 Å². The predicted octanol–water partition coefficient (Wildman–Crippen LogP) is 1.98. The molecular weight excluding hydrogens is 338 g/mol. The predicted molar refractivity (Wildman–Crippen MR) is 95.5 cm³/mol. The van der Waals surface area contributed by atoms with Gasteiger partial charge in [-0.2, -0.15) is 0 Å². The fourth-order valence-corrected chi connectivity index (χ4v) is 3.19. The molecule has 2 atom stereocenters. The van der Waals surface area contributed by atoms with Gasteiger partial charge in [0.25, 0.3) is 0 Å². The van der Waals surface area contributed by atoms with Gasteiger partial charge in [0, 0.05) is 24.2 Å². The highest BCUT2D eigenvalue weighted by atomic mass is 35.5. The molecule has 0 saturated carbocycles. The van der Waals surface area contributed by atoms with Gasteiger partial charge in [-0.05, 0) is 38.6 Å². The molecule has 132 valence electrons. The summed E-state index contributed by atoms with van der Waals surface area (Å²) in [5.41, 5.74) is 0.472. The Hall–Kier alpha value is -1.15. The molecule has 1 aromatic rings. The molecule has 1 amide bonds. The van der Waals surface area contributed by atoms with E-state index in [0.717, 1.165) is 0 Å². The van der Waals surface area contributed by atoms with Crippen molar-refractivity contribution < 1.29 is 13.2 Å². The van der Waals surface area contributed by atoms with E-state index in [4.69, 9.17) is 0 Å². The molecule has 0 bridgehead atoms. The Balaban J connectivity index is 0.00000484. The number of hydrogen-bond donors (Lipinski definition) is 3. The normalized spacial score (nSPS) is 13.7. The van der Waals surface area contributed by atoms with E-state index in [1.54, 1.807) is 26.1 Å². The van der Waals surface area contributed by atoms with Crippen molar-refractivity contribution in [1.82, 2.24) is 10.0 Å². The molecule has 0 aliphatic rings. The van der Waals surface area contributed by atoms with E-state index in [0.29, 0.717) is 18.7 Å². The molecule has 0 aromatic heterocycles. The summed E-state index contributed by atoms with van der Waals surface area (Å²) < 4.78 is 27.1. The van der Waals surface area contributed by atoms with Crippen LogP contribution in [-0.4, -0.2) is 34.0 Å². The van der Waals surface area contributed by atoms with Gasteiger partial charge in [-0.25, -0.2) is 13.1 Å². The maximum Gasteiger partial charge on any atom is 0.240 e. The molecule has 0 fully saturated rings. The first-order valence-corrected chi connectivity index (χ1v) is 8.86. The smallest absolute Gasteiger partial charge is 0.240 e. The zero-order valence-corrected chi connectivity index (χ0v) is 15.6. The van der Waals surface area contributed by atoms with Crippen LogP contribution in [0.3, 0.4) is 0 Å². The quantitative estimate of drug-likeness (QED) is 0.659. The minimum Gasteiger partial charge on any atom is -0.326 e. The van der Waals surface area contributed by atoms with Crippen molar-refractivity contribution in [2.24, 2.45) is 5.92 Å². The fourth-order valence-electron chi connectivity index (χ4n) is 1.82. The average Bonchev–Trinajstić information content (AvgIpc) is 2.47. The third-order valence-corrected chi connectivity index (χ3v) is 4.93. The van der Waals surface area contributed by atoms with Crippen LogP contribution in [0.25, 0.3) is 0 Å². The number of carbonyl (C=O) groups is 1. The van der Waals surface area contributed by atoms with Crippen LogP contribution in [0.4, 0.5) is 5.69 Å². The lowest BCUT2D eigenvalue weighted by Crippen LogP contribution is -2.32. The largest absolute Gasteiger partial charge is 0.326 e. The summed E-state index contributed by atoms with van der Waals surface area (Å²) in [6.45, 7) is 6.08. The molecule has 0 aliphatic heterocycles. The Morgan fingerprint density at radius 1 is 1.26 bits per heavy atom. The Morgan fingerprint density at radius 3 is 2.48 bits per heavy atom.